The summed E-state index contributed by atoms with van der Waals surface area (Å²) in [6.07, 6.45) is 0. The quantitative estimate of drug-likeness (QED) is 0.175. The molecule has 11 rings (SSSR count). The van der Waals surface area contributed by atoms with Gasteiger partial charge in [0, 0.05) is 32.5 Å². The molecule has 0 saturated carbocycles. The predicted octanol–water partition coefficient (Wildman–Crippen LogP) is 14.5. The highest BCUT2D eigenvalue weighted by atomic mass is 16.3. The number of benzene rings is 10. The van der Waals surface area contributed by atoms with Crippen LogP contribution < -0.4 is 4.90 Å². The first-order chi connectivity index (χ1) is 25.8. The second-order valence-electron chi connectivity index (χ2n) is 13.7. The Balaban J connectivity index is 1.22. The van der Waals surface area contributed by atoms with Crippen LogP contribution in [0.15, 0.2) is 192 Å². The average molecular weight is 662 g/mol. The third-order valence-electron chi connectivity index (χ3n) is 10.8. The first kappa shape index (κ1) is 28.9. The Morgan fingerprint density at radius 2 is 0.865 bits per heavy atom. The van der Waals surface area contributed by atoms with Crippen LogP contribution in [0.4, 0.5) is 17.1 Å². The van der Waals surface area contributed by atoms with Gasteiger partial charge in [0.05, 0.1) is 17.1 Å². The molecule has 2 heteroatoms. The molecule has 52 heavy (non-hydrogen) atoms. The average Bonchev–Trinajstić information content (AvgIpc) is 3.60. The minimum Gasteiger partial charge on any atom is -0.455 e. The largest absolute Gasteiger partial charge is 0.455 e. The number of hydrogen-bond donors (Lipinski definition) is 0. The zero-order valence-corrected chi connectivity index (χ0v) is 28.3. The van der Waals surface area contributed by atoms with Gasteiger partial charge in [-0.15, -0.1) is 0 Å². The molecule has 242 valence electrons. The minimum absolute atomic E-state index is 0.894. The lowest BCUT2D eigenvalue weighted by atomic mass is 9.95. The maximum Gasteiger partial charge on any atom is 0.143 e. The van der Waals surface area contributed by atoms with Crippen LogP contribution in [0.25, 0.3) is 86.9 Å². The van der Waals surface area contributed by atoms with Crippen LogP contribution >= 0.6 is 0 Å². The smallest absolute Gasteiger partial charge is 0.143 e. The van der Waals surface area contributed by atoms with Gasteiger partial charge in [-0.05, 0) is 79.7 Å². The zero-order chi connectivity index (χ0) is 34.2. The van der Waals surface area contributed by atoms with Crippen LogP contribution in [-0.4, -0.2) is 0 Å². The van der Waals surface area contributed by atoms with Crippen molar-refractivity contribution in [2.75, 3.05) is 4.90 Å². The first-order valence-electron chi connectivity index (χ1n) is 17.8. The Bertz CT molecular complexity index is 3210. The molecule has 1 aromatic heterocycles. The Kier molecular flexibility index (Phi) is 6.28. The summed E-state index contributed by atoms with van der Waals surface area (Å²) >= 11 is 0. The Morgan fingerprint density at radius 3 is 1.67 bits per heavy atom. The number of fused-ring (bicyclic) bond motifs is 11. The van der Waals surface area contributed by atoms with Gasteiger partial charge in [0.25, 0.3) is 0 Å². The van der Waals surface area contributed by atoms with Crippen molar-refractivity contribution in [1.82, 2.24) is 0 Å². The van der Waals surface area contributed by atoms with E-state index in [9.17, 15) is 0 Å². The van der Waals surface area contributed by atoms with Crippen LogP contribution in [0.1, 0.15) is 0 Å². The van der Waals surface area contributed by atoms with E-state index in [4.69, 9.17) is 4.42 Å². The lowest BCUT2D eigenvalue weighted by Gasteiger charge is -2.30. The van der Waals surface area contributed by atoms with Gasteiger partial charge in [0.15, 0.2) is 0 Å². The molecule has 0 radical (unpaired) electrons. The summed E-state index contributed by atoms with van der Waals surface area (Å²) in [6.45, 7) is 0. The number of hydrogen-bond acceptors (Lipinski definition) is 2. The highest BCUT2D eigenvalue weighted by molar-refractivity contribution is 6.19. The van der Waals surface area contributed by atoms with E-state index in [0.717, 1.165) is 55.5 Å². The van der Waals surface area contributed by atoms with Crippen LogP contribution in [0, 0.1) is 0 Å². The fourth-order valence-corrected chi connectivity index (χ4v) is 8.41. The maximum absolute atomic E-state index is 6.53. The fourth-order valence-electron chi connectivity index (χ4n) is 8.41. The summed E-state index contributed by atoms with van der Waals surface area (Å²) in [6, 6.07) is 68.2. The molecule has 1 heterocycles. The molecule has 0 aliphatic carbocycles. The number of rotatable bonds is 4. The van der Waals surface area contributed by atoms with Crippen molar-refractivity contribution in [2.24, 2.45) is 0 Å². The van der Waals surface area contributed by atoms with Crippen molar-refractivity contribution in [3.05, 3.63) is 188 Å². The summed E-state index contributed by atoms with van der Waals surface area (Å²) < 4.78 is 6.53. The SMILES string of the molecule is c1ccc(N(c2cccc3c2ccc2ccccc23)c2cc3ccccc3c3ccccc23)c(-c2ccc3oc4c5ccccc5ccc4c3c2)c1. The number of furan rings is 1. The molecule has 0 amide bonds. The molecule has 11 aromatic rings. The lowest BCUT2D eigenvalue weighted by molar-refractivity contribution is 0.672. The van der Waals surface area contributed by atoms with Crippen LogP contribution in [-0.2, 0) is 0 Å². The molecule has 0 aliphatic heterocycles. The summed E-state index contributed by atoms with van der Waals surface area (Å²) in [5.74, 6) is 0. The molecule has 0 N–H and O–H groups in total. The molecular weight excluding hydrogens is 631 g/mol. The van der Waals surface area contributed by atoms with Gasteiger partial charge in [-0.1, -0.05) is 152 Å². The fraction of sp³-hybridized carbons (Fsp3) is 0. The number of para-hydroxylation sites is 1. The Hall–Kier alpha value is -6.90. The number of anilines is 3. The molecular formula is C50H31NO. The Morgan fingerprint density at radius 1 is 0.308 bits per heavy atom. The third kappa shape index (κ3) is 4.31. The van der Waals surface area contributed by atoms with Crippen LogP contribution in [0.2, 0.25) is 0 Å². The molecule has 0 unspecified atom stereocenters. The van der Waals surface area contributed by atoms with E-state index in [-0.39, 0.29) is 0 Å². The Labute approximate surface area is 300 Å². The van der Waals surface area contributed by atoms with E-state index >= 15 is 0 Å². The highest BCUT2D eigenvalue weighted by Gasteiger charge is 2.23. The molecule has 0 atom stereocenters. The second kappa shape index (κ2) is 11.3. The molecule has 0 saturated heterocycles. The second-order valence-corrected chi connectivity index (χ2v) is 13.7. The molecule has 0 bridgehead atoms. The van der Waals surface area contributed by atoms with Crippen molar-refractivity contribution in [2.45, 2.75) is 0 Å². The van der Waals surface area contributed by atoms with E-state index in [0.29, 0.717) is 0 Å². The van der Waals surface area contributed by atoms with Crippen LogP contribution in [0.5, 0.6) is 0 Å². The lowest BCUT2D eigenvalue weighted by Crippen LogP contribution is -2.12. The standard InChI is InChI=1S/C50H31NO/c1-4-15-36-32(12-1)24-27-43-41(36)21-11-23-47(43)51(48-31-34-14-3-5-16-37(34)40-19-7-8-20-42(40)48)46-22-10-9-17-38(46)35-26-29-49-45(30-35)44-28-25-33-13-2-6-18-39(33)50(44)52-49/h1-31H. The van der Waals surface area contributed by atoms with Crippen molar-refractivity contribution in [3.8, 4) is 11.1 Å². The van der Waals surface area contributed by atoms with Crippen molar-refractivity contribution < 1.29 is 4.42 Å². The first-order valence-corrected chi connectivity index (χ1v) is 17.8. The van der Waals surface area contributed by atoms with Gasteiger partial charge in [0.1, 0.15) is 11.2 Å². The minimum atomic E-state index is 0.894. The molecule has 2 nitrogen and oxygen atoms in total. The monoisotopic (exact) mass is 661 g/mol. The summed E-state index contributed by atoms with van der Waals surface area (Å²) in [7, 11) is 0. The van der Waals surface area contributed by atoms with Crippen molar-refractivity contribution in [3.63, 3.8) is 0 Å². The number of nitrogens with zero attached hydrogens (tertiary/aromatic N) is 1. The van der Waals surface area contributed by atoms with Gasteiger partial charge in [-0.2, -0.15) is 0 Å². The maximum atomic E-state index is 6.53. The van der Waals surface area contributed by atoms with E-state index in [1.165, 1.54) is 48.5 Å². The van der Waals surface area contributed by atoms with E-state index < -0.39 is 0 Å². The zero-order valence-electron chi connectivity index (χ0n) is 28.3. The van der Waals surface area contributed by atoms with Gasteiger partial charge < -0.3 is 9.32 Å². The van der Waals surface area contributed by atoms with Gasteiger partial charge in [-0.25, -0.2) is 0 Å². The van der Waals surface area contributed by atoms with Gasteiger partial charge >= 0.3 is 0 Å². The molecule has 0 aliphatic rings. The van der Waals surface area contributed by atoms with Crippen LogP contribution in [0.3, 0.4) is 0 Å². The highest BCUT2D eigenvalue weighted by Crippen LogP contribution is 2.48. The van der Waals surface area contributed by atoms with E-state index in [2.05, 4.69) is 193 Å². The topological polar surface area (TPSA) is 16.4 Å². The molecule has 10 aromatic carbocycles. The van der Waals surface area contributed by atoms with Gasteiger partial charge in [-0.3, -0.25) is 0 Å². The van der Waals surface area contributed by atoms with Crippen molar-refractivity contribution >= 4 is 92.9 Å². The molecule has 0 spiro atoms. The summed E-state index contributed by atoms with van der Waals surface area (Å²) in [4.78, 5) is 2.49. The van der Waals surface area contributed by atoms with E-state index in [1.54, 1.807) is 0 Å². The van der Waals surface area contributed by atoms with Crippen molar-refractivity contribution in [1.29, 1.82) is 0 Å². The van der Waals surface area contributed by atoms with Gasteiger partial charge in [0.2, 0.25) is 0 Å². The third-order valence-corrected chi connectivity index (χ3v) is 10.8. The summed E-state index contributed by atoms with van der Waals surface area (Å²) in [5.41, 5.74) is 7.51. The predicted molar refractivity (Wildman–Crippen MR) is 221 cm³/mol. The molecule has 0 fully saturated rings. The normalized spacial score (nSPS) is 11.8. The van der Waals surface area contributed by atoms with E-state index in [1.807, 2.05) is 0 Å². The summed E-state index contributed by atoms with van der Waals surface area (Å²) in [5, 5.41) is 14.4.